The van der Waals surface area contributed by atoms with Crippen LogP contribution in [-0.4, -0.2) is 52.3 Å². The number of H-pyrrole nitrogens is 1. The number of ketones is 1. The first kappa shape index (κ1) is 28.4. The summed E-state index contributed by atoms with van der Waals surface area (Å²) in [5.41, 5.74) is 5.61. The molecule has 4 rings (SSSR count). The van der Waals surface area contributed by atoms with Gasteiger partial charge in [-0.15, -0.1) is 0 Å². The number of nitrogens with one attached hydrogen (secondary N) is 1. The van der Waals surface area contributed by atoms with Gasteiger partial charge in [0.1, 0.15) is 17.0 Å². The van der Waals surface area contributed by atoms with Crippen molar-refractivity contribution in [3.8, 4) is 5.75 Å². The number of hydrogen-bond donors (Lipinski definition) is 1. The normalized spacial score (nSPS) is 14.3. The predicted octanol–water partition coefficient (Wildman–Crippen LogP) is 6.52. The number of amides is 1. The van der Waals surface area contributed by atoms with Crippen LogP contribution in [-0.2, 0) is 17.6 Å². The lowest BCUT2D eigenvalue weighted by atomic mass is 9.94. The van der Waals surface area contributed by atoms with Crippen LogP contribution in [0.25, 0.3) is 0 Å². The lowest BCUT2D eigenvalue weighted by Crippen LogP contribution is -2.41. The van der Waals surface area contributed by atoms with Crippen molar-refractivity contribution in [3.63, 3.8) is 0 Å². The van der Waals surface area contributed by atoms with E-state index in [1.807, 2.05) is 44.7 Å². The quantitative estimate of drug-likeness (QED) is 0.318. The van der Waals surface area contributed by atoms with E-state index in [1.54, 1.807) is 6.92 Å². The Hall–Kier alpha value is -3.61. The van der Waals surface area contributed by atoms with Crippen molar-refractivity contribution >= 4 is 11.9 Å². The maximum Gasteiger partial charge on any atom is 0.410 e. The van der Waals surface area contributed by atoms with Gasteiger partial charge in [0.2, 0.25) is 0 Å². The number of aromatic amines is 1. The third kappa shape index (κ3) is 8.19. The van der Waals surface area contributed by atoms with Crippen LogP contribution in [0.1, 0.15) is 85.4 Å². The van der Waals surface area contributed by atoms with Gasteiger partial charge in [-0.3, -0.25) is 9.89 Å². The van der Waals surface area contributed by atoms with Gasteiger partial charge in [0.15, 0.2) is 5.78 Å². The number of likely N-dealkylation sites (tertiary alicyclic amines) is 1. The van der Waals surface area contributed by atoms with Crippen molar-refractivity contribution in [2.75, 3.05) is 19.7 Å². The topological polar surface area (TPSA) is 84.5 Å². The molecule has 0 aliphatic carbocycles. The number of aromatic nitrogens is 2. The van der Waals surface area contributed by atoms with Crippen LogP contribution in [0.2, 0.25) is 0 Å². The van der Waals surface area contributed by atoms with Gasteiger partial charge in [0, 0.05) is 37.7 Å². The first-order valence-electron chi connectivity index (χ1n) is 13.9. The highest BCUT2D eigenvalue weighted by Crippen LogP contribution is 2.24. The fourth-order valence-corrected chi connectivity index (χ4v) is 4.95. The number of carbonyl (C=O) groups excluding carboxylic acids is 2. The lowest BCUT2D eigenvalue weighted by Gasteiger charge is -2.33. The third-order valence-electron chi connectivity index (χ3n) is 7.20. The molecule has 3 aromatic rings. The van der Waals surface area contributed by atoms with Crippen LogP contribution in [0.5, 0.6) is 5.75 Å². The molecule has 1 fully saturated rings. The number of rotatable bonds is 9. The minimum absolute atomic E-state index is 0.0148. The number of nitrogens with zero attached hydrogens (tertiary/aromatic N) is 2. The molecule has 1 N–H and O–H groups in total. The van der Waals surface area contributed by atoms with Gasteiger partial charge in [-0.25, -0.2) is 4.79 Å². The molecule has 0 unspecified atom stereocenters. The Morgan fingerprint density at radius 2 is 1.51 bits per heavy atom. The molecular formula is C32H41N3O4. The molecule has 2 aromatic carbocycles. The molecule has 0 atom stereocenters. The SMILES string of the molecule is CC(=O)c1n[nH]c(C)c1Cc1ccc(Cc2ccc(OCCC3CCN(C(=O)OC(C)(C)C)CC3)cc2)cc1. The third-order valence-corrected chi connectivity index (χ3v) is 7.20. The van der Waals surface area contributed by atoms with E-state index in [-0.39, 0.29) is 11.9 Å². The van der Waals surface area contributed by atoms with Gasteiger partial charge in [-0.2, -0.15) is 5.10 Å². The second-order valence-electron chi connectivity index (χ2n) is 11.6. The van der Waals surface area contributed by atoms with Crippen molar-refractivity contribution in [1.82, 2.24) is 15.1 Å². The van der Waals surface area contributed by atoms with Gasteiger partial charge in [0.25, 0.3) is 0 Å². The van der Waals surface area contributed by atoms with E-state index < -0.39 is 5.60 Å². The molecular weight excluding hydrogens is 490 g/mol. The zero-order valence-electron chi connectivity index (χ0n) is 23.9. The Labute approximate surface area is 231 Å². The maximum absolute atomic E-state index is 12.2. The van der Waals surface area contributed by atoms with Crippen molar-refractivity contribution < 1.29 is 19.1 Å². The Bertz CT molecular complexity index is 1250. The molecule has 0 spiro atoms. The zero-order valence-corrected chi connectivity index (χ0v) is 23.9. The fourth-order valence-electron chi connectivity index (χ4n) is 4.95. The summed E-state index contributed by atoms with van der Waals surface area (Å²) in [5.74, 6) is 1.44. The summed E-state index contributed by atoms with van der Waals surface area (Å²) in [6.45, 7) is 11.4. The van der Waals surface area contributed by atoms with E-state index in [9.17, 15) is 9.59 Å². The molecule has 1 aliphatic rings. The second-order valence-corrected chi connectivity index (χ2v) is 11.6. The summed E-state index contributed by atoms with van der Waals surface area (Å²) in [6.07, 6.45) is 4.29. The largest absolute Gasteiger partial charge is 0.494 e. The van der Waals surface area contributed by atoms with Gasteiger partial charge >= 0.3 is 6.09 Å². The van der Waals surface area contributed by atoms with Crippen LogP contribution in [0.4, 0.5) is 4.79 Å². The maximum atomic E-state index is 12.2. The number of Topliss-reactive ketones (excluding diaryl/α,β-unsaturated/α-hetero) is 1. The van der Waals surface area contributed by atoms with E-state index in [2.05, 4.69) is 46.6 Å². The number of carbonyl (C=O) groups is 2. The lowest BCUT2D eigenvalue weighted by molar-refractivity contribution is 0.0177. The minimum atomic E-state index is -0.454. The summed E-state index contributed by atoms with van der Waals surface area (Å²) in [5, 5.41) is 7.08. The summed E-state index contributed by atoms with van der Waals surface area (Å²) < 4.78 is 11.5. The minimum Gasteiger partial charge on any atom is -0.494 e. The molecule has 1 saturated heterocycles. The van der Waals surface area contributed by atoms with Crippen LogP contribution in [0.15, 0.2) is 48.5 Å². The first-order valence-corrected chi connectivity index (χ1v) is 13.9. The highest BCUT2D eigenvalue weighted by atomic mass is 16.6. The van der Waals surface area contributed by atoms with Crippen LogP contribution in [0.3, 0.4) is 0 Å². The molecule has 208 valence electrons. The predicted molar refractivity (Wildman–Crippen MR) is 152 cm³/mol. The molecule has 2 heterocycles. The van der Waals surface area contributed by atoms with Gasteiger partial charge in [0.05, 0.1) is 6.61 Å². The Balaban J connectivity index is 1.20. The standard InChI is InChI=1S/C32H41N3O4/c1-22-29(30(23(2)36)34-33-22)21-27-8-6-25(7-9-27)20-26-10-12-28(13-11-26)38-19-16-24-14-17-35(18-15-24)31(37)39-32(3,4)5/h6-13,24H,14-21H2,1-5H3,(H,33,34). The highest BCUT2D eigenvalue weighted by Gasteiger charge is 2.26. The molecule has 0 bridgehead atoms. The molecule has 1 aliphatic heterocycles. The van der Waals surface area contributed by atoms with Gasteiger partial charge in [-0.1, -0.05) is 36.4 Å². The average Bonchev–Trinajstić information content (AvgIpc) is 3.26. The summed E-state index contributed by atoms with van der Waals surface area (Å²) >= 11 is 0. The van der Waals surface area contributed by atoms with Gasteiger partial charge in [-0.05, 0) is 88.1 Å². The van der Waals surface area contributed by atoms with Crippen LogP contribution in [0, 0.1) is 12.8 Å². The van der Waals surface area contributed by atoms with E-state index in [1.165, 1.54) is 11.1 Å². The number of aryl methyl sites for hydroxylation is 1. The van der Waals surface area contributed by atoms with E-state index in [0.29, 0.717) is 24.6 Å². The van der Waals surface area contributed by atoms with Crippen molar-refractivity contribution in [3.05, 3.63) is 82.2 Å². The Morgan fingerprint density at radius 1 is 0.949 bits per heavy atom. The van der Waals surface area contributed by atoms with Crippen LogP contribution < -0.4 is 4.74 Å². The van der Waals surface area contributed by atoms with Crippen molar-refractivity contribution in [2.24, 2.45) is 5.92 Å². The van der Waals surface area contributed by atoms with E-state index >= 15 is 0 Å². The zero-order chi connectivity index (χ0) is 28.0. The monoisotopic (exact) mass is 531 g/mol. The molecule has 1 amide bonds. The summed E-state index contributed by atoms with van der Waals surface area (Å²) in [6, 6.07) is 16.9. The number of benzene rings is 2. The molecule has 0 saturated carbocycles. The molecule has 39 heavy (non-hydrogen) atoms. The Kier molecular flexibility index (Phi) is 9.10. The molecule has 7 nitrogen and oxygen atoms in total. The first-order chi connectivity index (χ1) is 18.6. The molecule has 1 aromatic heterocycles. The Morgan fingerprint density at radius 3 is 2.08 bits per heavy atom. The van der Waals surface area contributed by atoms with Gasteiger partial charge < -0.3 is 14.4 Å². The van der Waals surface area contributed by atoms with Crippen LogP contribution >= 0.6 is 0 Å². The fraction of sp³-hybridized carbons (Fsp3) is 0.469. The van der Waals surface area contributed by atoms with Crippen molar-refractivity contribution in [2.45, 2.75) is 72.3 Å². The summed E-state index contributed by atoms with van der Waals surface area (Å²) in [4.78, 5) is 25.9. The van der Waals surface area contributed by atoms with E-state index in [4.69, 9.17) is 9.47 Å². The average molecular weight is 532 g/mol. The summed E-state index contributed by atoms with van der Waals surface area (Å²) in [7, 11) is 0. The second kappa shape index (κ2) is 12.5. The van der Waals surface area contributed by atoms with Crippen molar-refractivity contribution in [1.29, 1.82) is 0 Å². The molecule has 7 heteroatoms. The smallest absolute Gasteiger partial charge is 0.410 e. The van der Waals surface area contributed by atoms with E-state index in [0.717, 1.165) is 61.3 Å². The number of ether oxygens (including phenoxy) is 2. The molecule has 0 radical (unpaired) electrons. The number of piperidine rings is 1. The number of hydrogen-bond acceptors (Lipinski definition) is 5. The highest BCUT2D eigenvalue weighted by molar-refractivity contribution is 5.93.